The van der Waals surface area contributed by atoms with Crippen molar-refractivity contribution in [2.45, 2.75) is 0 Å². The molecule has 0 unspecified atom stereocenters. The van der Waals surface area contributed by atoms with E-state index in [1.807, 2.05) is 18.2 Å². The Morgan fingerprint density at radius 3 is 2.03 bits per heavy atom. The molecule has 0 bridgehead atoms. The molecule has 170 valence electrons. The van der Waals surface area contributed by atoms with E-state index in [2.05, 4.69) is 31.7 Å². The molecule has 0 aliphatic rings. The number of hydrogen-bond acceptors (Lipinski definition) is 8. The molecule has 0 aliphatic heterocycles. The molecule has 2 amide bonds. The summed E-state index contributed by atoms with van der Waals surface area (Å²) >= 11 is 5.99. The molecule has 12 heteroatoms. The first kappa shape index (κ1) is 22.4. The Balaban J connectivity index is 1.52. The van der Waals surface area contributed by atoms with Crippen LogP contribution in [0, 0.1) is 10.1 Å². The minimum Gasteiger partial charge on any atom is -0.276 e. The summed E-state index contributed by atoms with van der Waals surface area (Å²) in [7, 11) is 0. The van der Waals surface area contributed by atoms with Crippen LogP contribution in [-0.2, 0) is 0 Å². The Kier molecular flexibility index (Phi) is 6.46. The van der Waals surface area contributed by atoms with Crippen LogP contribution < -0.4 is 21.7 Å². The molecular formula is C22H16ClN7O4. The van der Waals surface area contributed by atoms with Crippen LogP contribution >= 0.6 is 11.6 Å². The van der Waals surface area contributed by atoms with Crippen molar-refractivity contribution in [1.82, 2.24) is 20.8 Å². The predicted molar refractivity (Wildman–Crippen MR) is 126 cm³/mol. The summed E-state index contributed by atoms with van der Waals surface area (Å²) in [6.45, 7) is 0. The van der Waals surface area contributed by atoms with Gasteiger partial charge >= 0.3 is 5.69 Å². The molecule has 0 radical (unpaired) electrons. The summed E-state index contributed by atoms with van der Waals surface area (Å²) in [4.78, 5) is 43.7. The fourth-order valence-corrected chi connectivity index (χ4v) is 3.39. The maximum atomic E-state index is 12.7. The standard InChI is InChI=1S/C22H16ClN7O4/c23-17-11-4-3-9-16(17)22(32)29-27-20-18(30(33)34)19(24-12-25-20)26-28-21(31)15-10-5-7-13-6-1-2-8-14(13)15/h1-12H,(H,28,31)(H,29,32)(H2,24,25,26,27). The number of amides is 2. The number of aromatic nitrogens is 2. The molecule has 0 saturated heterocycles. The van der Waals surface area contributed by atoms with Gasteiger partial charge in [-0.3, -0.25) is 41.4 Å². The van der Waals surface area contributed by atoms with Crippen LogP contribution in [-0.4, -0.2) is 26.7 Å². The van der Waals surface area contributed by atoms with E-state index < -0.39 is 22.4 Å². The minimum absolute atomic E-state index is 0.161. The Bertz CT molecular complexity index is 1410. The van der Waals surface area contributed by atoms with Crippen molar-refractivity contribution in [1.29, 1.82) is 0 Å². The zero-order chi connectivity index (χ0) is 24.1. The number of rotatable bonds is 7. The first-order chi connectivity index (χ1) is 16.5. The lowest BCUT2D eigenvalue weighted by molar-refractivity contribution is -0.383. The molecule has 1 aromatic heterocycles. The number of benzene rings is 3. The van der Waals surface area contributed by atoms with Crippen molar-refractivity contribution in [2.24, 2.45) is 0 Å². The van der Waals surface area contributed by atoms with Crippen molar-refractivity contribution in [3.63, 3.8) is 0 Å². The van der Waals surface area contributed by atoms with E-state index in [1.54, 1.807) is 36.4 Å². The molecule has 3 aromatic carbocycles. The highest BCUT2D eigenvalue weighted by atomic mass is 35.5. The number of halogens is 1. The number of hydrogen-bond donors (Lipinski definition) is 4. The van der Waals surface area contributed by atoms with Gasteiger partial charge in [-0.05, 0) is 29.0 Å². The van der Waals surface area contributed by atoms with Crippen LogP contribution in [0.3, 0.4) is 0 Å². The van der Waals surface area contributed by atoms with Gasteiger partial charge in [0.2, 0.25) is 11.6 Å². The molecule has 4 aromatic rings. The van der Waals surface area contributed by atoms with E-state index in [0.717, 1.165) is 11.7 Å². The predicted octanol–water partition coefficient (Wildman–Crippen LogP) is 3.71. The van der Waals surface area contributed by atoms with E-state index in [-0.39, 0.29) is 22.2 Å². The average Bonchev–Trinajstić information content (AvgIpc) is 2.85. The van der Waals surface area contributed by atoms with Gasteiger partial charge in [0, 0.05) is 5.56 Å². The summed E-state index contributed by atoms with van der Waals surface area (Å²) < 4.78 is 0. The highest BCUT2D eigenvalue weighted by molar-refractivity contribution is 6.33. The molecule has 0 aliphatic carbocycles. The quantitative estimate of drug-likeness (QED) is 0.232. The summed E-state index contributed by atoms with van der Waals surface area (Å²) in [6, 6.07) is 18.8. The van der Waals surface area contributed by atoms with Crippen LogP contribution in [0.4, 0.5) is 17.3 Å². The third kappa shape index (κ3) is 4.69. The zero-order valence-electron chi connectivity index (χ0n) is 17.3. The largest absolute Gasteiger partial charge is 0.356 e. The molecule has 4 rings (SSSR count). The van der Waals surface area contributed by atoms with Crippen LogP contribution in [0.2, 0.25) is 5.02 Å². The first-order valence-corrected chi connectivity index (χ1v) is 10.2. The molecule has 0 atom stereocenters. The molecule has 11 nitrogen and oxygen atoms in total. The Morgan fingerprint density at radius 1 is 0.794 bits per heavy atom. The van der Waals surface area contributed by atoms with Gasteiger partial charge in [0.1, 0.15) is 6.33 Å². The maximum absolute atomic E-state index is 12.7. The summed E-state index contributed by atoms with van der Waals surface area (Å²) in [5, 5.41) is 13.5. The lowest BCUT2D eigenvalue weighted by Crippen LogP contribution is -2.32. The molecular weight excluding hydrogens is 462 g/mol. The zero-order valence-corrected chi connectivity index (χ0v) is 18.0. The van der Waals surface area contributed by atoms with Crippen molar-refractivity contribution >= 4 is 51.5 Å². The number of nitrogens with one attached hydrogen (secondary N) is 4. The molecule has 0 spiro atoms. The number of fused-ring (bicyclic) bond motifs is 1. The van der Waals surface area contributed by atoms with E-state index in [4.69, 9.17) is 11.6 Å². The fraction of sp³-hybridized carbons (Fsp3) is 0. The first-order valence-electron chi connectivity index (χ1n) is 9.80. The lowest BCUT2D eigenvalue weighted by atomic mass is 10.0. The third-order valence-corrected chi connectivity index (χ3v) is 5.08. The summed E-state index contributed by atoms with van der Waals surface area (Å²) in [6.07, 6.45) is 1.03. The van der Waals surface area contributed by atoms with Gasteiger partial charge in [0.15, 0.2) is 0 Å². The minimum atomic E-state index is -0.754. The van der Waals surface area contributed by atoms with E-state index in [0.29, 0.717) is 10.9 Å². The molecule has 0 fully saturated rings. The normalized spacial score (nSPS) is 10.4. The number of nitro groups is 1. The Labute approximate surface area is 197 Å². The number of carbonyl (C=O) groups excluding carboxylic acids is 2. The molecule has 34 heavy (non-hydrogen) atoms. The van der Waals surface area contributed by atoms with Crippen LogP contribution in [0.15, 0.2) is 73.1 Å². The molecule has 0 saturated carbocycles. The van der Waals surface area contributed by atoms with Crippen LogP contribution in [0.5, 0.6) is 0 Å². The topological polar surface area (TPSA) is 151 Å². The van der Waals surface area contributed by atoms with E-state index in [1.165, 1.54) is 12.1 Å². The summed E-state index contributed by atoms with van der Waals surface area (Å²) in [5.41, 5.74) is 9.51. The van der Waals surface area contributed by atoms with Gasteiger partial charge in [0.05, 0.1) is 15.5 Å². The lowest BCUT2D eigenvalue weighted by Gasteiger charge is -2.12. The average molecular weight is 478 g/mol. The fourth-order valence-electron chi connectivity index (χ4n) is 3.17. The summed E-state index contributed by atoms with van der Waals surface area (Å²) in [5.74, 6) is -1.74. The second-order valence-electron chi connectivity index (χ2n) is 6.84. The Morgan fingerprint density at radius 2 is 1.35 bits per heavy atom. The van der Waals surface area contributed by atoms with Crippen molar-refractivity contribution < 1.29 is 14.5 Å². The number of hydrazine groups is 2. The highest BCUT2D eigenvalue weighted by Gasteiger charge is 2.24. The van der Waals surface area contributed by atoms with Gasteiger partial charge in [-0.1, -0.05) is 60.1 Å². The van der Waals surface area contributed by atoms with Gasteiger partial charge in [-0.15, -0.1) is 0 Å². The highest BCUT2D eigenvalue weighted by Crippen LogP contribution is 2.28. The van der Waals surface area contributed by atoms with Crippen molar-refractivity contribution in [3.8, 4) is 0 Å². The van der Waals surface area contributed by atoms with E-state index >= 15 is 0 Å². The van der Waals surface area contributed by atoms with Crippen molar-refractivity contribution in [2.75, 3.05) is 10.9 Å². The van der Waals surface area contributed by atoms with Crippen LogP contribution in [0.25, 0.3) is 10.8 Å². The molecule has 4 N–H and O–H groups in total. The van der Waals surface area contributed by atoms with Gasteiger partial charge in [0.25, 0.3) is 11.8 Å². The van der Waals surface area contributed by atoms with E-state index in [9.17, 15) is 19.7 Å². The van der Waals surface area contributed by atoms with Gasteiger partial charge < -0.3 is 0 Å². The van der Waals surface area contributed by atoms with Gasteiger partial charge in [-0.2, -0.15) is 0 Å². The monoisotopic (exact) mass is 477 g/mol. The second kappa shape index (κ2) is 9.79. The third-order valence-electron chi connectivity index (χ3n) is 4.75. The van der Waals surface area contributed by atoms with Gasteiger partial charge in [-0.25, -0.2) is 9.97 Å². The maximum Gasteiger partial charge on any atom is 0.356 e. The second-order valence-corrected chi connectivity index (χ2v) is 7.25. The molecule has 1 heterocycles. The smallest absolute Gasteiger partial charge is 0.276 e. The number of anilines is 2. The Hall–Kier alpha value is -4.77. The number of carbonyl (C=O) groups is 2. The van der Waals surface area contributed by atoms with Crippen LogP contribution in [0.1, 0.15) is 20.7 Å². The van der Waals surface area contributed by atoms with Crippen molar-refractivity contribution in [3.05, 3.63) is 99.3 Å². The SMILES string of the molecule is O=C(NNc1ncnc(NNC(=O)c2cccc3ccccc23)c1[N+](=O)[O-])c1ccccc1Cl. The number of nitrogens with zero attached hydrogens (tertiary/aromatic N) is 3.